The van der Waals surface area contributed by atoms with E-state index in [9.17, 15) is 18.0 Å². The Morgan fingerprint density at radius 3 is 2.21 bits per heavy atom. The number of para-hydroxylation sites is 1. The topological polar surface area (TPSA) is 89.5 Å². The van der Waals surface area contributed by atoms with Gasteiger partial charge in [-0.3, -0.25) is 4.79 Å². The molecule has 7 heteroatoms. The largest absolute Gasteiger partial charge is 0.452 e. The summed E-state index contributed by atoms with van der Waals surface area (Å²) in [5.74, 6) is -1.41. The highest BCUT2D eigenvalue weighted by molar-refractivity contribution is 7.90. The van der Waals surface area contributed by atoms with Crippen LogP contribution in [0.15, 0.2) is 83.8 Å². The summed E-state index contributed by atoms with van der Waals surface area (Å²) < 4.78 is 28.7. The van der Waals surface area contributed by atoms with Gasteiger partial charge in [0.15, 0.2) is 16.4 Å². The summed E-state index contributed by atoms with van der Waals surface area (Å²) in [7, 11) is -3.60. The van der Waals surface area contributed by atoms with E-state index in [1.807, 2.05) is 42.5 Å². The number of anilines is 1. The summed E-state index contributed by atoms with van der Waals surface area (Å²) in [5.41, 5.74) is 2.24. The monoisotopic (exact) mass is 409 g/mol. The highest BCUT2D eigenvalue weighted by Crippen LogP contribution is 2.27. The molecule has 1 N–H and O–H groups in total. The first-order valence-corrected chi connectivity index (χ1v) is 10.7. The van der Waals surface area contributed by atoms with E-state index >= 15 is 0 Å². The summed E-state index contributed by atoms with van der Waals surface area (Å²) in [5, 5.41) is 2.73. The lowest BCUT2D eigenvalue weighted by atomic mass is 10.0. The Bertz CT molecular complexity index is 1140. The van der Waals surface area contributed by atoms with E-state index in [-0.39, 0.29) is 10.5 Å². The van der Waals surface area contributed by atoms with Crippen LogP contribution in [0.3, 0.4) is 0 Å². The van der Waals surface area contributed by atoms with Crippen LogP contribution in [0.5, 0.6) is 0 Å². The minimum absolute atomic E-state index is 0.104. The second-order valence-corrected chi connectivity index (χ2v) is 8.29. The number of rotatable bonds is 6. The highest BCUT2D eigenvalue weighted by Gasteiger charge is 2.20. The van der Waals surface area contributed by atoms with E-state index in [0.29, 0.717) is 5.69 Å². The van der Waals surface area contributed by atoms with Crippen LogP contribution in [0, 0.1) is 0 Å². The number of hydrogen-bond donors (Lipinski definition) is 1. The second kappa shape index (κ2) is 8.70. The van der Waals surface area contributed by atoms with Gasteiger partial charge in [-0.05, 0) is 23.8 Å². The van der Waals surface area contributed by atoms with E-state index in [1.165, 1.54) is 24.3 Å². The third-order valence-electron chi connectivity index (χ3n) is 4.13. The van der Waals surface area contributed by atoms with Crippen molar-refractivity contribution in [2.45, 2.75) is 4.90 Å². The zero-order valence-electron chi connectivity index (χ0n) is 15.7. The molecule has 1 amide bonds. The maximum Gasteiger partial charge on any atom is 0.339 e. The van der Waals surface area contributed by atoms with Gasteiger partial charge in [0.2, 0.25) is 0 Å². The van der Waals surface area contributed by atoms with Crippen molar-refractivity contribution in [2.24, 2.45) is 0 Å². The van der Waals surface area contributed by atoms with Gasteiger partial charge < -0.3 is 10.1 Å². The maximum absolute atomic E-state index is 12.3. The molecule has 0 spiro atoms. The lowest BCUT2D eigenvalue weighted by molar-refractivity contribution is -0.119. The second-order valence-electron chi connectivity index (χ2n) is 6.30. The van der Waals surface area contributed by atoms with Crippen molar-refractivity contribution < 1.29 is 22.7 Å². The van der Waals surface area contributed by atoms with Gasteiger partial charge >= 0.3 is 5.97 Å². The minimum Gasteiger partial charge on any atom is -0.452 e. The molecular formula is C22H19NO5S. The Morgan fingerprint density at radius 1 is 0.862 bits per heavy atom. The Balaban J connectivity index is 1.70. The molecule has 0 aliphatic rings. The van der Waals surface area contributed by atoms with Crippen molar-refractivity contribution in [2.75, 3.05) is 18.2 Å². The fourth-order valence-corrected chi connectivity index (χ4v) is 3.69. The van der Waals surface area contributed by atoms with Gasteiger partial charge in [0.05, 0.1) is 10.5 Å². The third kappa shape index (κ3) is 5.08. The molecule has 0 fully saturated rings. The number of benzene rings is 3. The van der Waals surface area contributed by atoms with Crippen LogP contribution < -0.4 is 5.32 Å². The molecule has 0 saturated carbocycles. The van der Waals surface area contributed by atoms with Gasteiger partial charge in [-0.15, -0.1) is 0 Å². The first-order valence-electron chi connectivity index (χ1n) is 8.77. The van der Waals surface area contributed by atoms with E-state index in [1.54, 1.807) is 12.1 Å². The number of amides is 1. The molecule has 0 bridgehead atoms. The molecule has 0 aliphatic heterocycles. The lowest BCUT2D eigenvalue weighted by Crippen LogP contribution is -2.22. The molecule has 148 valence electrons. The zero-order valence-corrected chi connectivity index (χ0v) is 16.5. The van der Waals surface area contributed by atoms with Gasteiger partial charge in [-0.2, -0.15) is 0 Å². The Hall–Kier alpha value is -3.45. The number of nitrogens with one attached hydrogen (secondary N) is 1. The molecule has 0 aromatic heterocycles. The van der Waals surface area contributed by atoms with Crippen molar-refractivity contribution in [3.05, 3.63) is 84.4 Å². The van der Waals surface area contributed by atoms with Crippen LogP contribution >= 0.6 is 0 Å². The number of sulfone groups is 1. The van der Waals surface area contributed by atoms with Gasteiger partial charge in [-0.1, -0.05) is 60.7 Å². The molecule has 3 aromatic rings. The molecular weight excluding hydrogens is 390 g/mol. The zero-order chi connectivity index (χ0) is 20.9. The van der Waals surface area contributed by atoms with Gasteiger partial charge in [-0.25, -0.2) is 13.2 Å². The predicted molar refractivity (Wildman–Crippen MR) is 110 cm³/mol. The molecule has 3 rings (SSSR count). The summed E-state index contributed by atoms with van der Waals surface area (Å²) in [6, 6.07) is 22.5. The highest BCUT2D eigenvalue weighted by atomic mass is 32.2. The number of carbonyl (C=O) groups excluding carboxylic acids is 2. The van der Waals surface area contributed by atoms with Crippen molar-refractivity contribution in [1.82, 2.24) is 0 Å². The average molecular weight is 409 g/mol. The van der Waals surface area contributed by atoms with Crippen molar-refractivity contribution in [3.63, 3.8) is 0 Å². The lowest BCUT2D eigenvalue weighted by Gasteiger charge is -2.12. The molecule has 0 aliphatic carbocycles. The van der Waals surface area contributed by atoms with Crippen molar-refractivity contribution in [1.29, 1.82) is 0 Å². The molecule has 29 heavy (non-hydrogen) atoms. The average Bonchev–Trinajstić information content (AvgIpc) is 2.72. The predicted octanol–water partition coefficient (Wildman–Crippen LogP) is 3.55. The first-order chi connectivity index (χ1) is 13.9. The summed E-state index contributed by atoms with van der Waals surface area (Å²) >= 11 is 0. The Kier molecular flexibility index (Phi) is 6.09. The fraction of sp³-hybridized carbons (Fsp3) is 0.0909. The van der Waals surface area contributed by atoms with Crippen molar-refractivity contribution >= 4 is 27.4 Å². The van der Waals surface area contributed by atoms with Crippen LogP contribution in [-0.4, -0.2) is 33.2 Å². The normalized spacial score (nSPS) is 10.9. The van der Waals surface area contributed by atoms with E-state index in [4.69, 9.17) is 4.74 Å². The molecule has 0 saturated heterocycles. The number of ether oxygens (including phenoxy) is 1. The van der Waals surface area contributed by atoms with Gasteiger partial charge in [0.1, 0.15) is 0 Å². The molecule has 0 heterocycles. The van der Waals surface area contributed by atoms with Crippen molar-refractivity contribution in [3.8, 4) is 11.1 Å². The SMILES string of the molecule is CS(=O)(=O)c1ccccc1C(=O)OCC(=O)Nc1ccccc1-c1ccccc1. The van der Waals surface area contributed by atoms with E-state index in [2.05, 4.69) is 5.32 Å². The van der Waals surface area contributed by atoms with Crippen LogP contribution in [-0.2, 0) is 19.4 Å². The molecule has 3 aromatic carbocycles. The smallest absolute Gasteiger partial charge is 0.339 e. The third-order valence-corrected chi connectivity index (χ3v) is 5.28. The first kappa shape index (κ1) is 20.3. The standard InChI is InChI=1S/C22H19NO5S/c1-29(26,27)20-14-8-6-12-18(20)22(25)28-15-21(24)23-19-13-7-5-11-17(19)16-9-3-2-4-10-16/h2-14H,15H2,1H3,(H,23,24). The summed E-state index contributed by atoms with van der Waals surface area (Å²) in [4.78, 5) is 24.5. The van der Waals surface area contributed by atoms with E-state index in [0.717, 1.165) is 17.4 Å². The maximum atomic E-state index is 12.3. The molecule has 0 unspecified atom stereocenters. The van der Waals surface area contributed by atoms with Gasteiger partial charge in [0, 0.05) is 17.5 Å². The molecule has 6 nitrogen and oxygen atoms in total. The number of hydrogen-bond acceptors (Lipinski definition) is 5. The van der Waals surface area contributed by atoms with Crippen LogP contribution in [0.2, 0.25) is 0 Å². The molecule has 0 radical (unpaired) electrons. The fourth-order valence-electron chi connectivity index (χ4n) is 2.82. The minimum atomic E-state index is -3.60. The Labute approximate surface area is 169 Å². The van der Waals surface area contributed by atoms with E-state index < -0.39 is 28.3 Å². The summed E-state index contributed by atoms with van der Waals surface area (Å²) in [6.45, 7) is -0.542. The van der Waals surface area contributed by atoms with Crippen LogP contribution in [0.25, 0.3) is 11.1 Å². The number of carbonyl (C=O) groups is 2. The number of esters is 1. The quantitative estimate of drug-likeness (QED) is 0.629. The van der Waals surface area contributed by atoms with Gasteiger partial charge in [0.25, 0.3) is 5.91 Å². The summed E-state index contributed by atoms with van der Waals surface area (Å²) in [6.07, 6.45) is 1.01. The van der Waals surface area contributed by atoms with Crippen LogP contribution in [0.4, 0.5) is 5.69 Å². The molecule has 0 atom stereocenters. The Morgan fingerprint density at radius 2 is 1.48 bits per heavy atom. The van der Waals surface area contributed by atoms with Crippen LogP contribution in [0.1, 0.15) is 10.4 Å².